The molecule has 0 fully saturated rings. The van der Waals surface area contributed by atoms with Gasteiger partial charge in [-0.25, -0.2) is 0 Å². The maximum absolute atomic E-state index is 12.0. The summed E-state index contributed by atoms with van der Waals surface area (Å²) >= 11 is 5.81. The van der Waals surface area contributed by atoms with Crippen molar-refractivity contribution in [2.75, 3.05) is 0 Å². The van der Waals surface area contributed by atoms with Crippen LogP contribution in [0.1, 0.15) is 31.9 Å². The Morgan fingerprint density at radius 1 is 1.47 bits per heavy atom. The number of rotatable bonds is 5. The molecular formula is C13H18ClN3O2. The highest BCUT2D eigenvalue weighted by Gasteiger charge is 2.22. The maximum atomic E-state index is 12.0. The first-order chi connectivity index (χ1) is 8.99. The Kier molecular flexibility index (Phi) is 5.63. The summed E-state index contributed by atoms with van der Waals surface area (Å²) in [5.41, 5.74) is 6.42. The second-order valence-corrected chi connectivity index (χ2v) is 4.70. The van der Waals surface area contributed by atoms with Crippen molar-refractivity contribution in [1.29, 1.82) is 0 Å². The number of carbonyl (C=O) groups excluding carboxylic acids is 1. The van der Waals surface area contributed by atoms with Crippen molar-refractivity contribution < 1.29 is 10.0 Å². The molecular weight excluding hydrogens is 266 g/mol. The van der Waals surface area contributed by atoms with Crippen LogP contribution in [0.4, 0.5) is 0 Å². The van der Waals surface area contributed by atoms with Crippen molar-refractivity contribution in [1.82, 2.24) is 5.32 Å². The van der Waals surface area contributed by atoms with E-state index in [0.717, 1.165) is 5.56 Å². The number of hydrogen-bond donors (Lipinski definition) is 3. The molecule has 0 aliphatic carbocycles. The van der Waals surface area contributed by atoms with Crippen LogP contribution >= 0.6 is 11.6 Å². The SMILES string of the molecule is CCC(C(=O)NC(C)c1ccc(Cl)cc1)C(N)=NO. The quantitative estimate of drug-likeness (QED) is 0.335. The zero-order valence-electron chi connectivity index (χ0n) is 10.9. The molecule has 2 atom stereocenters. The van der Waals surface area contributed by atoms with Crippen molar-refractivity contribution >= 4 is 23.3 Å². The molecule has 2 unspecified atom stereocenters. The standard InChI is InChI=1S/C13H18ClN3O2/c1-3-11(12(15)17-19)13(18)16-8(2)9-4-6-10(14)7-5-9/h4-8,11,19H,3H2,1-2H3,(H2,15,17)(H,16,18). The molecule has 19 heavy (non-hydrogen) atoms. The smallest absolute Gasteiger partial charge is 0.231 e. The number of halogens is 1. The highest BCUT2D eigenvalue weighted by atomic mass is 35.5. The third kappa shape index (κ3) is 4.13. The van der Waals surface area contributed by atoms with E-state index in [0.29, 0.717) is 11.4 Å². The van der Waals surface area contributed by atoms with Crippen LogP contribution in [0.3, 0.4) is 0 Å². The fraction of sp³-hybridized carbons (Fsp3) is 0.385. The Bertz CT molecular complexity index is 459. The van der Waals surface area contributed by atoms with Gasteiger partial charge in [-0.1, -0.05) is 35.8 Å². The number of amidine groups is 1. The monoisotopic (exact) mass is 283 g/mol. The third-order valence-corrected chi connectivity index (χ3v) is 3.18. The van der Waals surface area contributed by atoms with E-state index in [1.165, 1.54) is 0 Å². The number of nitrogens with two attached hydrogens (primary N) is 1. The molecule has 0 radical (unpaired) electrons. The van der Waals surface area contributed by atoms with Gasteiger partial charge in [-0.05, 0) is 31.0 Å². The molecule has 0 aliphatic rings. The molecule has 1 amide bonds. The number of hydrogen-bond acceptors (Lipinski definition) is 3. The summed E-state index contributed by atoms with van der Waals surface area (Å²) in [6, 6.07) is 7.04. The predicted molar refractivity (Wildman–Crippen MR) is 75.2 cm³/mol. The summed E-state index contributed by atoms with van der Waals surface area (Å²) in [4.78, 5) is 12.0. The largest absolute Gasteiger partial charge is 0.409 e. The van der Waals surface area contributed by atoms with Crippen LogP contribution in [-0.4, -0.2) is 17.0 Å². The maximum Gasteiger partial charge on any atom is 0.231 e. The third-order valence-electron chi connectivity index (χ3n) is 2.93. The van der Waals surface area contributed by atoms with Gasteiger partial charge in [-0.3, -0.25) is 4.79 Å². The molecule has 4 N–H and O–H groups in total. The van der Waals surface area contributed by atoms with Crippen LogP contribution in [0, 0.1) is 5.92 Å². The van der Waals surface area contributed by atoms with Gasteiger partial charge < -0.3 is 16.3 Å². The summed E-state index contributed by atoms with van der Waals surface area (Å²) in [6.45, 7) is 3.66. The average Bonchev–Trinajstić information content (AvgIpc) is 2.39. The number of carbonyl (C=O) groups is 1. The van der Waals surface area contributed by atoms with E-state index in [-0.39, 0.29) is 17.8 Å². The number of amides is 1. The van der Waals surface area contributed by atoms with E-state index in [9.17, 15) is 4.79 Å². The molecule has 1 aromatic rings. The Morgan fingerprint density at radius 2 is 2.05 bits per heavy atom. The summed E-state index contributed by atoms with van der Waals surface area (Å²) in [7, 11) is 0. The molecule has 0 saturated carbocycles. The van der Waals surface area contributed by atoms with Crippen LogP contribution < -0.4 is 11.1 Å². The average molecular weight is 284 g/mol. The van der Waals surface area contributed by atoms with Crippen LogP contribution in [0.25, 0.3) is 0 Å². The predicted octanol–water partition coefficient (Wildman–Crippen LogP) is 2.29. The highest BCUT2D eigenvalue weighted by molar-refractivity contribution is 6.30. The molecule has 0 saturated heterocycles. The van der Waals surface area contributed by atoms with Gasteiger partial charge in [0, 0.05) is 5.02 Å². The van der Waals surface area contributed by atoms with Gasteiger partial charge in [-0.15, -0.1) is 0 Å². The first kappa shape index (κ1) is 15.3. The van der Waals surface area contributed by atoms with Crippen molar-refractivity contribution in [3.63, 3.8) is 0 Å². The lowest BCUT2D eigenvalue weighted by atomic mass is 10.0. The van der Waals surface area contributed by atoms with Crippen molar-refractivity contribution in [3.8, 4) is 0 Å². The minimum absolute atomic E-state index is 0.0803. The van der Waals surface area contributed by atoms with E-state index in [4.69, 9.17) is 22.5 Å². The van der Waals surface area contributed by atoms with Gasteiger partial charge in [-0.2, -0.15) is 0 Å². The molecule has 5 nitrogen and oxygen atoms in total. The number of benzene rings is 1. The normalized spacial score (nSPS) is 14.8. The first-order valence-electron chi connectivity index (χ1n) is 6.02. The minimum atomic E-state index is -0.625. The van der Waals surface area contributed by atoms with E-state index >= 15 is 0 Å². The van der Waals surface area contributed by atoms with E-state index < -0.39 is 5.92 Å². The van der Waals surface area contributed by atoms with Crippen LogP contribution in [0.5, 0.6) is 0 Å². The summed E-state index contributed by atoms with van der Waals surface area (Å²) in [5, 5.41) is 15.0. The molecule has 0 spiro atoms. The highest BCUT2D eigenvalue weighted by Crippen LogP contribution is 2.17. The fourth-order valence-electron chi connectivity index (χ4n) is 1.75. The van der Waals surface area contributed by atoms with Crippen LogP contribution in [0.15, 0.2) is 29.4 Å². The Balaban J connectivity index is 2.73. The van der Waals surface area contributed by atoms with E-state index in [2.05, 4.69) is 10.5 Å². The van der Waals surface area contributed by atoms with Gasteiger partial charge in [0.2, 0.25) is 5.91 Å². The molecule has 0 heterocycles. The summed E-state index contributed by atoms with van der Waals surface area (Å²) in [6.07, 6.45) is 0.467. The van der Waals surface area contributed by atoms with Crippen molar-refractivity contribution in [3.05, 3.63) is 34.9 Å². The number of nitrogens with one attached hydrogen (secondary N) is 1. The lowest BCUT2D eigenvalue weighted by Gasteiger charge is -2.18. The van der Waals surface area contributed by atoms with Crippen LogP contribution in [0.2, 0.25) is 5.02 Å². The van der Waals surface area contributed by atoms with Crippen LogP contribution in [-0.2, 0) is 4.79 Å². The molecule has 0 bridgehead atoms. The zero-order valence-corrected chi connectivity index (χ0v) is 11.7. The lowest BCUT2D eigenvalue weighted by molar-refractivity contribution is -0.123. The first-order valence-corrected chi connectivity index (χ1v) is 6.40. The topological polar surface area (TPSA) is 87.7 Å². The second-order valence-electron chi connectivity index (χ2n) is 4.27. The Labute approximate surface area is 117 Å². The summed E-state index contributed by atoms with van der Waals surface area (Å²) in [5.74, 6) is -0.969. The van der Waals surface area contributed by atoms with Gasteiger partial charge in [0.1, 0.15) is 0 Å². The second kappa shape index (κ2) is 6.99. The van der Waals surface area contributed by atoms with E-state index in [1.807, 2.05) is 19.1 Å². The number of nitrogens with zero attached hydrogens (tertiary/aromatic N) is 1. The van der Waals surface area contributed by atoms with E-state index in [1.54, 1.807) is 19.1 Å². The zero-order chi connectivity index (χ0) is 14.4. The molecule has 0 aliphatic heterocycles. The molecule has 1 rings (SSSR count). The number of oxime groups is 1. The molecule has 6 heteroatoms. The van der Waals surface area contributed by atoms with Crippen molar-refractivity contribution in [2.24, 2.45) is 16.8 Å². The van der Waals surface area contributed by atoms with Gasteiger partial charge in [0.25, 0.3) is 0 Å². The molecule has 0 aromatic heterocycles. The Hall–Kier alpha value is -1.75. The summed E-state index contributed by atoms with van der Waals surface area (Å²) < 4.78 is 0. The lowest BCUT2D eigenvalue weighted by Crippen LogP contribution is -2.39. The van der Waals surface area contributed by atoms with Crippen molar-refractivity contribution in [2.45, 2.75) is 26.3 Å². The Morgan fingerprint density at radius 3 is 2.53 bits per heavy atom. The fourth-order valence-corrected chi connectivity index (χ4v) is 1.87. The van der Waals surface area contributed by atoms with Gasteiger partial charge >= 0.3 is 0 Å². The molecule has 104 valence electrons. The van der Waals surface area contributed by atoms with Gasteiger partial charge in [0.15, 0.2) is 5.84 Å². The minimum Gasteiger partial charge on any atom is -0.409 e. The van der Waals surface area contributed by atoms with Gasteiger partial charge in [0.05, 0.1) is 12.0 Å². The molecule has 1 aromatic carbocycles.